The van der Waals surface area contributed by atoms with Crippen LogP contribution in [0.25, 0.3) is 11.3 Å². The molecular weight excluding hydrogens is 523 g/mol. The van der Waals surface area contributed by atoms with E-state index in [-0.39, 0.29) is 42.4 Å². The summed E-state index contributed by atoms with van der Waals surface area (Å²) in [5.74, 6) is 0.587. The summed E-state index contributed by atoms with van der Waals surface area (Å²) in [7, 11) is 0. The van der Waals surface area contributed by atoms with Crippen molar-refractivity contribution in [1.29, 1.82) is 0 Å². The average Bonchev–Trinajstić information content (AvgIpc) is 3.85. The fourth-order valence-corrected chi connectivity index (χ4v) is 6.46. The lowest BCUT2D eigenvalue weighted by molar-refractivity contribution is -0.126. The number of hydrogen-bond acceptors (Lipinski definition) is 6. The molecule has 1 saturated heterocycles. The number of nitrogens with zero attached hydrogens (tertiary/aromatic N) is 2. The van der Waals surface area contributed by atoms with Crippen molar-refractivity contribution >= 4 is 17.6 Å². The molecule has 7 rings (SSSR count). The summed E-state index contributed by atoms with van der Waals surface area (Å²) in [6.45, 7) is 5.74. The summed E-state index contributed by atoms with van der Waals surface area (Å²) in [5.41, 5.74) is 3.56. The normalized spacial score (nSPS) is 23.9. The molecule has 2 aromatic carbocycles. The van der Waals surface area contributed by atoms with Crippen molar-refractivity contribution in [1.82, 2.24) is 5.16 Å². The molecule has 41 heavy (non-hydrogen) atoms. The van der Waals surface area contributed by atoms with Gasteiger partial charge in [-0.2, -0.15) is 0 Å². The molecule has 1 amide bonds. The summed E-state index contributed by atoms with van der Waals surface area (Å²) >= 11 is 0. The minimum absolute atomic E-state index is 0.0303. The van der Waals surface area contributed by atoms with E-state index in [1.807, 2.05) is 43.9 Å². The number of anilines is 1. The number of rotatable bonds is 8. The lowest BCUT2D eigenvalue weighted by Crippen LogP contribution is -2.43. The molecule has 3 saturated carbocycles. The van der Waals surface area contributed by atoms with Crippen LogP contribution in [0, 0.1) is 11.7 Å². The highest BCUT2D eigenvalue weighted by atomic mass is 19.1. The minimum atomic E-state index is -0.573. The van der Waals surface area contributed by atoms with Crippen molar-refractivity contribution in [3.63, 3.8) is 0 Å². The van der Waals surface area contributed by atoms with E-state index >= 15 is 4.39 Å². The number of fused-ring (bicyclic) bond motifs is 2. The van der Waals surface area contributed by atoms with Gasteiger partial charge in [0.05, 0.1) is 24.2 Å². The van der Waals surface area contributed by atoms with Gasteiger partial charge in [-0.05, 0) is 101 Å². The van der Waals surface area contributed by atoms with Crippen molar-refractivity contribution in [2.45, 2.75) is 95.5 Å². The number of piperidine rings is 1. The summed E-state index contributed by atoms with van der Waals surface area (Å²) in [5, 5.41) is 4.37. The van der Waals surface area contributed by atoms with Crippen LogP contribution < -0.4 is 4.90 Å². The number of benzene rings is 2. The summed E-state index contributed by atoms with van der Waals surface area (Å²) in [6, 6.07) is 12.3. The largest absolute Gasteiger partial charge is 0.456 e. The first-order valence-electron chi connectivity index (χ1n) is 14.7. The second-order valence-corrected chi connectivity index (χ2v) is 13.0. The Hall–Kier alpha value is -3.52. The van der Waals surface area contributed by atoms with Crippen molar-refractivity contribution in [2.75, 3.05) is 4.90 Å². The van der Waals surface area contributed by atoms with Gasteiger partial charge in [0, 0.05) is 28.8 Å². The summed E-state index contributed by atoms with van der Waals surface area (Å²) in [6.07, 6.45) is 5.40. The molecule has 0 radical (unpaired) electrons. The van der Waals surface area contributed by atoms with Crippen molar-refractivity contribution in [3.8, 4) is 11.3 Å². The minimum Gasteiger partial charge on any atom is -0.456 e. The molecule has 0 spiro atoms. The summed E-state index contributed by atoms with van der Waals surface area (Å²) < 4.78 is 32.9. The van der Waals surface area contributed by atoms with E-state index in [0.717, 1.165) is 61.1 Å². The van der Waals surface area contributed by atoms with E-state index < -0.39 is 5.60 Å². The number of amides is 1. The molecule has 3 atom stereocenters. The standard InChI is InChI=1S/C33H35FN2O5/c1-33(2,3)40-32(38)20-11-13-21(14-12-20)36-22-15-24(31(36)37)27(16-22)39-17-25-29(35-41-30(25)19-9-10-19)28-23(18-7-8-18)5-4-6-26(28)34/h4-6,11-14,18-19,22,24,27H,7-10,15-17H2,1-3H3/t22-,24+,27-/m0/s1. The third-order valence-electron chi connectivity index (χ3n) is 8.69. The van der Waals surface area contributed by atoms with Crippen molar-refractivity contribution < 1.29 is 28.0 Å². The highest BCUT2D eigenvalue weighted by molar-refractivity contribution is 6.00. The molecule has 0 unspecified atom stereocenters. The van der Waals surface area contributed by atoms with Gasteiger partial charge < -0.3 is 18.9 Å². The fourth-order valence-electron chi connectivity index (χ4n) is 6.46. The van der Waals surface area contributed by atoms with Crippen molar-refractivity contribution in [2.24, 2.45) is 5.92 Å². The topological polar surface area (TPSA) is 81.9 Å². The Bertz CT molecular complexity index is 1500. The molecular formula is C33H35FN2O5. The van der Waals surface area contributed by atoms with Crippen LogP contribution in [-0.2, 0) is 20.9 Å². The number of aromatic nitrogens is 1. The van der Waals surface area contributed by atoms with Gasteiger partial charge in [0.2, 0.25) is 5.91 Å². The maximum absolute atomic E-state index is 15.2. The van der Waals surface area contributed by atoms with Crippen LogP contribution in [0.2, 0.25) is 0 Å². The maximum atomic E-state index is 15.2. The van der Waals surface area contributed by atoms with Crippen LogP contribution in [-0.4, -0.2) is 34.8 Å². The second-order valence-electron chi connectivity index (χ2n) is 13.0. The maximum Gasteiger partial charge on any atom is 0.338 e. The van der Waals surface area contributed by atoms with Crippen LogP contribution >= 0.6 is 0 Å². The number of halogens is 1. The van der Waals surface area contributed by atoms with Gasteiger partial charge in [-0.15, -0.1) is 0 Å². The van der Waals surface area contributed by atoms with Gasteiger partial charge in [0.25, 0.3) is 0 Å². The zero-order chi connectivity index (χ0) is 28.5. The van der Waals surface area contributed by atoms with Crippen LogP contribution in [0.1, 0.15) is 98.4 Å². The molecule has 4 aliphatic rings. The lowest BCUT2D eigenvalue weighted by Gasteiger charge is -2.31. The molecule has 3 aliphatic carbocycles. The van der Waals surface area contributed by atoms with Crippen molar-refractivity contribution in [3.05, 3.63) is 70.7 Å². The highest BCUT2D eigenvalue weighted by Crippen LogP contribution is 2.49. The third-order valence-corrected chi connectivity index (χ3v) is 8.69. The first kappa shape index (κ1) is 26.4. The molecule has 2 bridgehead atoms. The summed E-state index contributed by atoms with van der Waals surface area (Å²) in [4.78, 5) is 27.7. The van der Waals surface area contributed by atoms with Crippen LogP contribution in [0.15, 0.2) is 47.0 Å². The molecule has 1 aromatic heterocycles. The van der Waals surface area contributed by atoms with E-state index in [1.165, 1.54) is 6.07 Å². The van der Waals surface area contributed by atoms with Gasteiger partial charge in [0.15, 0.2) is 0 Å². The van der Waals surface area contributed by atoms with E-state index in [1.54, 1.807) is 18.2 Å². The van der Waals surface area contributed by atoms with Gasteiger partial charge in [-0.25, -0.2) is 9.18 Å². The molecule has 3 aromatic rings. The Morgan fingerprint density at radius 3 is 2.44 bits per heavy atom. The van der Waals surface area contributed by atoms with Gasteiger partial charge in [-0.1, -0.05) is 17.3 Å². The molecule has 1 aliphatic heterocycles. The van der Waals surface area contributed by atoms with Crippen LogP contribution in [0.4, 0.5) is 10.1 Å². The molecule has 0 N–H and O–H groups in total. The molecule has 2 heterocycles. The Labute approximate surface area is 239 Å². The highest BCUT2D eigenvalue weighted by Gasteiger charge is 2.52. The number of carbonyl (C=O) groups excluding carboxylic acids is 2. The third kappa shape index (κ3) is 4.96. The zero-order valence-corrected chi connectivity index (χ0v) is 23.7. The predicted molar refractivity (Wildman–Crippen MR) is 150 cm³/mol. The van der Waals surface area contributed by atoms with E-state index in [0.29, 0.717) is 28.7 Å². The Morgan fingerprint density at radius 2 is 1.78 bits per heavy atom. The van der Waals surface area contributed by atoms with E-state index in [4.69, 9.17) is 14.0 Å². The second kappa shape index (κ2) is 9.79. The van der Waals surface area contributed by atoms with Gasteiger partial charge in [0.1, 0.15) is 22.9 Å². The van der Waals surface area contributed by atoms with E-state index in [2.05, 4.69) is 5.16 Å². The quantitative estimate of drug-likeness (QED) is 0.280. The number of carbonyl (C=O) groups is 2. The molecule has 7 nitrogen and oxygen atoms in total. The monoisotopic (exact) mass is 558 g/mol. The van der Waals surface area contributed by atoms with Gasteiger partial charge >= 0.3 is 5.97 Å². The Balaban J connectivity index is 1.07. The Kier molecular flexibility index (Phi) is 6.30. The van der Waals surface area contributed by atoms with Crippen LogP contribution in [0.5, 0.6) is 0 Å². The molecule has 214 valence electrons. The average molecular weight is 559 g/mol. The fraction of sp³-hybridized carbons (Fsp3) is 0.485. The van der Waals surface area contributed by atoms with E-state index in [9.17, 15) is 9.59 Å². The number of ether oxygens (including phenoxy) is 2. The smallest absolute Gasteiger partial charge is 0.338 e. The first-order chi connectivity index (χ1) is 19.7. The SMILES string of the molecule is CC(C)(C)OC(=O)c1ccc(N2C(=O)[C@@H]3C[C@H]2C[C@@H]3OCc2c(-c3c(F)cccc3C3CC3)noc2C2CC2)cc1. The number of hydrogen-bond donors (Lipinski definition) is 0. The first-order valence-corrected chi connectivity index (χ1v) is 14.7. The molecule has 4 fully saturated rings. The predicted octanol–water partition coefficient (Wildman–Crippen LogP) is 6.90. The zero-order valence-electron chi connectivity index (χ0n) is 23.7. The molecule has 8 heteroatoms. The Morgan fingerprint density at radius 1 is 1.05 bits per heavy atom. The lowest BCUT2D eigenvalue weighted by atomic mass is 9.96. The van der Waals surface area contributed by atoms with Crippen LogP contribution in [0.3, 0.4) is 0 Å². The number of esters is 1. The van der Waals surface area contributed by atoms with Gasteiger partial charge in [-0.3, -0.25) is 4.79 Å².